The molecule has 1 aromatic heterocycles. The number of hydrogen-bond acceptors (Lipinski definition) is 3. The van der Waals surface area contributed by atoms with E-state index in [-0.39, 0.29) is 11.9 Å². The number of amides is 1. The second-order valence-electron chi connectivity index (χ2n) is 2.54. The van der Waals surface area contributed by atoms with Gasteiger partial charge in [0.25, 0.3) is 0 Å². The Balaban J connectivity index is 2.77. The van der Waals surface area contributed by atoms with Gasteiger partial charge in [-0.05, 0) is 6.92 Å². The number of carbonyl (C=O) groups excluding carboxylic acids is 1. The van der Waals surface area contributed by atoms with Crippen molar-refractivity contribution in [1.82, 2.24) is 14.9 Å². The predicted octanol–water partition coefficient (Wildman–Crippen LogP) is -0.228. The van der Waals surface area contributed by atoms with Crippen LogP contribution in [0.5, 0.6) is 0 Å². The van der Waals surface area contributed by atoms with Crippen LogP contribution in [0.15, 0.2) is 12.5 Å². The SMILES string of the molecule is CNC(=O)C(C)n1cnc(N)c1. The minimum absolute atomic E-state index is 0.0626. The van der Waals surface area contributed by atoms with Crippen LogP contribution >= 0.6 is 0 Å². The third-order valence-corrected chi connectivity index (χ3v) is 1.69. The molecule has 0 radical (unpaired) electrons. The molecule has 0 saturated carbocycles. The van der Waals surface area contributed by atoms with Gasteiger partial charge in [0, 0.05) is 13.2 Å². The van der Waals surface area contributed by atoms with E-state index in [0.717, 1.165) is 0 Å². The van der Waals surface area contributed by atoms with Crippen molar-refractivity contribution in [3.63, 3.8) is 0 Å². The van der Waals surface area contributed by atoms with Crippen LogP contribution in [0.2, 0.25) is 0 Å². The van der Waals surface area contributed by atoms with E-state index in [4.69, 9.17) is 5.73 Å². The summed E-state index contributed by atoms with van der Waals surface area (Å²) in [6.45, 7) is 1.78. The maximum absolute atomic E-state index is 11.1. The van der Waals surface area contributed by atoms with Crippen molar-refractivity contribution < 1.29 is 4.79 Å². The van der Waals surface area contributed by atoms with Gasteiger partial charge in [-0.1, -0.05) is 0 Å². The Kier molecular flexibility index (Phi) is 2.32. The lowest BCUT2D eigenvalue weighted by Gasteiger charge is -2.09. The van der Waals surface area contributed by atoms with Gasteiger partial charge in [0.15, 0.2) is 0 Å². The number of anilines is 1. The molecule has 0 fully saturated rings. The van der Waals surface area contributed by atoms with Gasteiger partial charge in [0.1, 0.15) is 11.9 Å². The molecule has 0 spiro atoms. The van der Waals surface area contributed by atoms with Gasteiger partial charge >= 0.3 is 0 Å². The van der Waals surface area contributed by atoms with E-state index in [0.29, 0.717) is 5.82 Å². The molecule has 1 heterocycles. The van der Waals surface area contributed by atoms with Crippen molar-refractivity contribution in [2.24, 2.45) is 0 Å². The van der Waals surface area contributed by atoms with Crippen LogP contribution in [-0.4, -0.2) is 22.5 Å². The lowest BCUT2D eigenvalue weighted by molar-refractivity contribution is -0.123. The largest absolute Gasteiger partial charge is 0.382 e. The van der Waals surface area contributed by atoms with Crippen molar-refractivity contribution in [1.29, 1.82) is 0 Å². The van der Waals surface area contributed by atoms with E-state index in [2.05, 4.69) is 10.3 Å². The summed E-state index contributed by atoms with van der Waals surface area (Å²) in [5.74, 6) is 0.359. The standard InChI is InChI=1S/C7H12N4O/c1-5(7(12)9-2)11-3-6(8)10-4-11/h3-5H,8H2,1-2H3,(H,9,12). The summed E-state index contributed by atoms with van der Waals surface area (Å²) < 4.78 is 1.66. The van der Waals surface area contributed by atoms with Crippen molar-refractivity contribution in [3.8, 4) is 0 Å². The summed E-state index contributed by atoms with van der Waals surface area (Å²) in [6, 6.07) is -0.264. The number of carbonyl (C=O) groups is 1. The quantitative estimate of drug-likeness (QED) is 0.640. The maximum Gasteiger partial charge on any atom is 0.242 e. The average molecular weight is 168 g/mol. The number of nitrogen functional groups attached to an aromatic ring is 1. The van der Waals surface area contributed by atoms with E-state index in [1.807, 2.05) is 0 Å². The Labute approximate surface area is 70.6 Å². The Hall–Kier alpha value is -1.52. The van der Waals surface area contributed by atoms with Gasteiger partial charge in [-0.25, -0.2) is 4.98 Å². The molecule has 5 heteroatoms. The Morgan fingerprint density at radius 3 is 2.92 bits per heavy atom. The first-order valence-corrected chi connectivity index (χ1v) is 3.65. The fourth-order valence-corrected chi connectivity index (χ4v) is 0.909. The van der Waals surface area contributed by atoms with E-state index < -0.39 is 0 Å². The number of likely N-dealkylation sites (N-methyl/N-ethyl adjacent to an activating group) is 1. The smallest absolute Gasteiger partial charge is 0.242 e. The van der Waals surface area contributed by atoms with Crippen molar-refractivity contribution in [2.75, 3.05) is 12.8 Å². The van der Waals surface area contributed by atoms with Gasteiger partial charge in [-0.3, -0.25) is 4.79 Å². The highest BCUT2D eigenvalue weighted by Gasteiger charge is 2.12. The molecule has 0 aromatic carbocycles. The number of nitrogens with zero attached hydrogens (tertiary/aromatic N) is 2. The van der Waals surface area contributed by atoms with Gasteiger partial charge in [-0.15, -0.1) is 0 Å². The summed E-state index contributed by atoms with van der Waals surface area (Å²) in [6.07, 6.45) is 3.16. The maximum atomic E-state index is 11.1. The predicted molar refractivity (Wildman–Crippen MR) is 45.4 cm³/mol. The molecule has 1 aromatic rings. The monoisotopic (exact) mass is 168 g/mol. The van der Waals surface area contributed by atoms with Crippen LogP contribution in [0.1, 0.15) is 13.0 Å². The second-order valence-corrected chi connectivity index (χ2v) is 2.54. The first-order valence-electron chi connectivity index (χ1n) is 3.65. The third kappa shape index (κ3) is 1.55. The lowest BCUT2D eigenvalue weighted by Crippen LogP contribution is -2.27. The molecule has 1 atom stereocenters. The molecule has 0 saturated heterocycles. The molecule has 1 amide bonds. The molecule has 66 valence electrons. The molecule has 0 aliphatic carbocycles. The van der Waals surface area contributed by atoms with Gasteiger partial charge in [0.2, 0.25) is 5.91 Å². The fourth-order valence-electron chi connectivity index (χ4n) is 0.909. The van der Waals surface area contributed by atoms with Crippen LogP contribution in [0.25, 0.3) is 0 Å². The highest BCUT2D eigenvalue weighted by molar-refractivity contribution is 5.79. The van der Waals surface area contributed by atoms with Crippen LogP contribution in [0.3, 0.4) is 0 Å². The number of nitrogens with two attached hydrogens (primary N) is 1. The zero-order valence-corrected chi connectivity index (χ0v) is 7.11. The van der Waals surface area contributed by atoms with Crippen molar-refractivity contribution in [2.45, 2.75) is 13.0 Å². The number of rotatable bonds is 2. The minimum atomic E-state index is -0.264. The van der Waals surface area contributed by atoms with Gasteiger partial charge < -0.3 is 15.6 Å². The summed E-state index contributed by atoms with van der Waals surface area (Å²) in [4.78, 5) is 14.9. The Morgan fingerprint density at radius 2 is 2.50 bits per heavy atom. The molecule has 3 N–H and O–H groups in total. The summed E-state index contributed by atoms with van der Waals surface area (Å²) in [5.41, 5.74) is 5.39. The zero-order chi connectivity index (χ0) is 9.14. The highest BCUT2D eigenvalue weighted by Crippen LogP contribution is 2.07. The molecule has 0 aliphatic rings. The Bertz CT molecular complexity index is 281. The van der Waals surface area contributed by atoms with E-state index >= 15 is 0 Å². The minimum Gasteiger partial charge on any atom is -0.382 e. The summed E-state index contributed by atoms with van der Waals surface area (Å²) >= 11 is 0. The molecule has 0 aliphatic heterocycles. The van der Waals surface area contributed by atoms with Gasteiger partial charge in [-0.2, -0.15) is 0 Å². The van der Waals surface area contributed by atoms with Crippen LogP contribution in [-0.2, 0) is 4.79 Å². The molecule has 12 heavy (non-hydrogen) atoms. The number of imidazole rings is 1. The first kappa shape index (κ1) is 8.58. The Morgan fingerprint density at radius 1 is 1.83 bits per heavy atom. The highest BCUT2D eigenvalue weighted by atomic mass is 16.2. The van der Waals surface area contributed by atoms with Crippen LogP contribution in [0.4, 0.5) is 5.82 Å². The number of hydrogen-bond donors (Lipinski definition) is 2. The van der Waals surface area contributed by atoms with Crippen LogP contribution < -0.4 is 11.1 Å². The van der Waals surface area contributed by atoms with Crippen molar-refractivity contribution >= 4 is 11.7 Å². The lowest BCUT2D eigenvalue weighted by atomic mass is 10.3. The average Bonchev–Trinajstić information content (AvgIpc) is 2.49. The van der Waals surface area contributed by atoms with E-state index in [1.54, 1.807) is 24.7 Å². The van der Waals surface area contributed by atoms with E-state index in [9.17, 15) is 4.79 Å². The molecule has 5 nitrogen and oxygen atoms in total. The number of nitrogens with one attached hydrogen (secondary N) is 1. The second kappa shape index (κ2) is 3.25. The fraction of sp³-hybridized carbons (Fsp3) is 0.429. The first-order chi connectivity index (χ1) is 5.65. The summed E-state index contributed by atoms with van der Waals surface area (Å²) in [5, 5.41) is 2.54. The van der Waals surface area contributed by atoms with Crippen molar-refractivity contribution in [3.05, 3.63) is 12.5 Å². The molecule has 1 unspecified atom stereocenters. The summed E-state index contributed by atoms with van der Waals surface area (Å²) in [7, 11) is 1.60. The third-order valence-electron chi connectivity index (χ3n) is 1.69. The topological polar surface area (TPSA) is 72.9 Å². The molecular formula is C7H12N4O. The normalized spacial score (nSPS) is 12.5. The van der Waals surface area contributed by atoms with Gasteiger partial charge in [0.05, 0.1) is 6.33 Å². The van der Waals surface area contributed by atoms with E-state index in [1.165, 1.54) is 6.33 Å². The molecule has 0 bridgehead atoms. The molecular weight excluding hydrogens is 156 g/mol. The molecule has 1 rings (SSSR count). The zero-order valence-electron chi connectivity index (χ0n) is 7.11. The number of aromatic nitrogens is 2. The van der Waals surface area contributed by atoms with Crippen LogP contribution in [0, 0.1) is 0 Å².